The SMILES string of the molecule is CCCOc1ccc(Cl)cc1C(=O)NC(C)CO. The molecular formula is C13H18ClNO3. The highest BCUT2D eigenvalue weighted by molar-refractivity contribution is 6.31. The van der Waals surface area contributed by atoms with Crippen LogP contribution in [0.25, 0.3) is 0 Å². The Kier molecular flexibility index (Phi) is 5.95. The predicted octanol–water partition coefficient (Wildman–Crippen LogP) is 2.24. The van der Waals surface area contributed by atoms with E-state index in [1.165, 1.54) is 0 Å². The molecule has 0 aliphatic heterocycles. The average Bonchev–Trinajstić information content (AvgIpc) is 2.36. The first-order valence-electron chi connectivity index (χ1n) is 5.92. The van der Waals surface area contributed by atoms with Crippen LogP contribution < -0.4 is 10.1 Å². The van der Waals surface area contributed by atoms with E-state index >= 15 is 0 Å². The highest BCUT2D eigenvalue weighted by atomic mass is 35.5. The number of amides is 1. The van der Waals surface area contributed by atoms with E-state index in [4.69, 9.17) is 21.4 Å². The maximum atomic E-state index is 12.0. The fourth-order valence-corrected chi connectivity index (χ4v) is 1.54. The third kappa shape index (κ3) is 4.20. The number of rotatable bonds is 6. The first kappa shape index (κ1) is 14.8. The molecule has 1 aromatic rings. The van der Waals surface area contributed by atoms with Crippen molar-refractivity contribution in [1.82, 2.24) is 5.32 Å². The molecule has 0 aliphatic rings. The smallest absolute Gasteiger partial charge is 0.255 e. The van der Waals surface area contributed by atoms with E-state index in [1.54, 1.807) is 25.1 Å². The minimum Gasteiger partial charge on any atom is -0.493 e. The lowest BCUT2D eigenvalue weighted by Crippen LogP contribution is -2.35. The summed E-state index contributed by atoms with van der Waals surface area (Å²) in [4.78, 5) is 12.0. The molecule has 5 heteroatoms. The van der Waals surface area contributed by atoms with Crippen LogP contribution in [0.1, 0.15) is 30.6 Å². The second kappa shape index (κ2) is 7.24. The molecule has 0 saturated heterocycles. The van der Waals surface area contributed by atoms with Gasteiger partial charge in [-0.15, -0.1) is 0 Å². The van der Waals surface area contributed by atoms with Gasteiger partial charge in [0.15, 0.2) is 0 Å². The quantitative estimate of drug-likeness (QED) is 0.834. The molecule has 1 rings (SSSR count). The Labute approximate surface area is 112 Å². The molecule has 1 atom stereocenters. The minimum atomic E-state index is -0.310. The van der Waals surface area contributed by atoms with Gasteiger partial charge in [-0.05, 0) is 31.5 Å². The summed E-state index contributed by atoms with van der Waals surface area (Å²) >= 11 is 5.88. The lowest BCUT2D eigenvalue weighted by molar-refractivity contribution is 0.0918. The number of carbonyl (C=O) groups is 1. The van der Waals surface area contributed by atoms with Gasteiger partial charge < -0.3 is 15.2 Å². The van der Waals surface area contributed by atoms with Crippen molar-refractivity contribution in [2.45, 2.75) is 26.3 Å². The zero-order valence-corrected chi connectivity index (χ0v) is 11.3. The molecule has 1 aromatic carbocycles. The molecule has 0 aromatic heterocycles. The molecular weight excluding hydrogens is 254 g/mol. The van der Waals surface area contributed by atoms with Gasteiger partial charge in [-0.25, -0.2) is 0 Å². The second-order valence-electron chi connectivity index (χ2n) is 4.05. The van der Waals surface area contributed by atoms with Crippen molar-refractivity contribution in [3.63, 3.8) is 0 Å². The Morgan fingerprint density at radius 2 is 2.28 bits per heavy atom. The summed E-state index contributed by atoms with van der Waals surface area (Å²) in [5.41, 5.74) is 0.385. The molecule has 1 unspecified atom stereocenters. The van der Waals surface area contributed by atoms with Gasteiger partial charge in [-0.1, -0.05) is 18.5 Å². The lowest BCUT2D eigenvalue weighted by atomic mass is 10.1. The van der Waals surface area contributed by atoms with Crippen LogP contribution >= 0.6 is 11.6 Å². The number of nitrogens with one attached hydrogen (secondary N) is 1. The van der Waals surface area contributed by atoms with Crippen LogP contribution in [0.15, 0.2) is 18.2 Å². The molecule has 0 saturated carbocycles. The van der Waals surface area contributed by atoms with Crippen LogP contribution in [0.4, 0.5) is 0 Å². The number of carbonyl (C=O) groups excluding carboxylic acids is 1. The maximum Gasteiger partial charge on any atom is 0.255 e. The largest absolute Gasteiger partial charge is 0.493 e. The van der Waals surface area contributed by atoms with Crippen molar-refractivity contribution in [2.75, 3.05) is 13.2 Å². The van der Waals surface area contributed by atoms with E-state index < -0.39 is 0 Å². The highest BCUT2D eigenvalue weighted by Crippen LogP contribution is 2.23. The first-order valence-corrected chi connectivity index (χ1v) is 6.30. The molecule has 0 fully saturated rings. The number of hydrogen-bond acceptors (Lipinski definition) is 3. The third-order valence-corrected chi connectivity index (χ3v) is 2.53. The zero-order chi connectivity index (χ0) is 13.5. The van der Waals surface area contributed by atoms with E-state index in [0.29, 0.717) is 22.9 Å². The first-order chi connectivity index (χ1) is 8.58. The van der Waals surface area contributed by atoms with Gasteiger partial charge in [0.2, 0.25) is 0 Å². The van der Waals surface area contributed by atoms with Gasteiger partial charge >= 0.3 is 0 Å². The number of hydrogen-bond donors (Lipinski definition) is 2. The fraction of sp³-hybridized carbons (Fsp3) is 0.462. The molecule has 0 aliphatic carbocycles. The standard InChI is InChI=1S/C13H18ClNO3/c1-3-6-18-12-5-4-10(14)7-11(12)13(17)15-9(2)8-16/h4-5,7,9,16H,3,6,8H2,1-2H3,(H,15,17). The summed E-state index contributed by atoms with van der Waals surface area (Å²) in [6.45, 7) is 4.13. The van der Waals surface area contributed by atoms with Crippen LogP contribution in [-0.2, 0) is 0 Å². The molecule has 0 bridgehead atoms. The summed E-state index contributed by atoms with van der Waals surface area (Å²) in [5.74, 6) is 0.203. The van der Waals surface area contributed by atoms with Crippen molar-refractivity contribution in [1.29, 1.82) is 0 Å². The van der Waals surface area contributed by atoms with E-state index in [-0.39, 0.29) is 18.6 Å². The Hall–Kier alpha value is -1.26. The third-order valence-electron chi connectivity index (χ3n) is 2.30. The van der Waals surface area contributed by atoms with Gasteiger partial charge in [-0.2, -0.15) is 0 Å². The van der Waals surface area contributed by atoms with Gasteiger partial charge in [0.05, 0.1) is 18.8 Å². The van der Waals surface area contributed by atoms with E-state index in [1.807, 2.05) is 6.92 Å². The minimum absolute atomic E-state index is 0.114. The molecule has 2 N–H and O–H groups in total. The Morgan fingerprint density at radius 3 is 2.89 bits per heavy atom. The van der Waals surface area contributed by atoms with Crippen LogP contribution in [0.3, 0.4) is 0 Å². The van der Waals surface area contributed by atoms with Crippen molar-refractivity contribution in [3.05, 3.63) is 28.8 Å². The van der Waals surface area contributed by atoms with Gasteiger partial charge in [0.25, 0.3) is 5.91 Å². The number of aliphatic hydroxyl groups is 1. The second-order valence-corrected chi connectivity index (χ2v) is 4.48. The van der Waals surface area contributed by atoms with Crippen molar-refractivity contribution in [2.24, 2.45) is 0 Å². The molecule has 4 nitrogen and oxygen atoms in total. The van der Waals surface area contributed by atoms with Crippen LogP contribution in [0, 0.1) is 0 Å². The zero-order valence-electron chi connectivity index (χ0n) is 10.6. The van der Waals surface area contributed by atoms with Gasteiger partial charge in [0, 0.05) is 11.1 Å². The average molecular weight is 272 g/mol. The van der Waals surface area contributed by atoms with E-state index in [9.17, 15) is 4.79 Å². The summed E-state index contributed by atoms with van der Waals surface area (Å²) in [6.07, 6.45) is 0.858. The topological polar surface area (TPSA) is 58.6 Å². The van der Waals surface area contributed by atoms with Crippen molar-refractivity contribution < 1.29 is 14.6 Å². The summed E-state index contributed by atoms with van der Waals surface area (Å²) in [7, 11) is 0. The predicted molar refractivity (Wildman–Crippen MR) is 71.3 cm³/mol. The van der Waals surface area contributed by atoms with E-state index in [0.717, 1.165) is 6.42 Å². The number of benzene rings is 1. The molecule has 18 heavy (non-hydrogen) atoms. The van der Waals surface area contributed by atoms with Crippen molar-refractivity contribution in [3.8, 4) is 5.75 Å². The molecule has 0 radical (unpaired) electrons. The number of ether oxygens (including phenoxy) is 1. The summed E-state index contributed by atoms with van der Waals surface area (Å²) < 4.78 is 5.50. The van der Waals surface area contributed by atoms with Gasteiger partial charge in [-0.3, -0.25) is 4.79 Å². The van der Waals surface area contributed by atoms with Crippen molar-refractivity contribution >= 4 is 17.5 Å². The van der Waals surface area contributed by atoms with Crippen LogP contribution in [0.5, 0.6) is 5.75 Å². The number of halogens is 1. The normalized spacial score (nSPS) is 12.0. The van der Waals surface area contributed by atoms with Gasteiger partial charge in [0.1, 0.15) is 5.75 Å². The molecule has 0 heterocycles. The monoisotopic (exact) mass is 271 g/mol. The lowest BCUT2D eigenvalue weighted by Gasteiger charge is -2.14. The molecule has 100 valence electrons. The Balaban J connectivity index is 2.90. The summed E-state index contributed by atoms with van der Waals surface area (Å²) in [5, 5.41) is 12.1. The summed E-state index contributed by atoms with van der Waals surface area (Å²) in [6, 6.07) is 4.61. The Bertz CT molecular complexity index is 409. The van der Waals surface area contributed by atoms with Crippen LogP contribution in [0.2, 0.25) is 5.02 Å². The molecule has 0 spiro atoms. The van der Waals surface area contributed by atoms with Crippen LogP contribution in [-0.4, -0.2) is 30.3 Å². The Morgan fingerprint density at radius 1 is 1.56 bits per heavy atom. The maximum absolute atomic E-state index is 12.0. The van der Waals surface area contributed by atoms with E-state index in [2.05, 4.69) is 5.32 Å². The fourth-order valence-electron chi connectivity index (χ4n) is 1.36. The molecule has 1 amide bonds. The highest BCUT2D eigenvalue weighted by Gasteiger charge is 2.15. The number of aliphatic hydroxyl groups excluding tert-OH is 1.